The van der Waals surface area contributed by atoms with Gasteiger partial charge >= 0.3 is 0 Å². The molecule has 1 N–H and O–H groups in total. The lowest BCUT2D eigenvalue weighted by Crippen LogP contribution is -2.26. The third kappa shape index (κ3) is 4.18. The molecule has 0 saturated carbocycles. The maximum absolute atomic E-state index is 13.3. The first kappa shape index (κ1) is 15.7. The lowest BCUT2D eigenvalue weighted by atomic mass is 10.0. The number of rotatable bonds is 6. The van der Waals surface area contributed by atoms with Crippen LogP contribution in [0.1, 0.15) is 37.3 Å². The van der Waals surface area contributed by atoms with Crippen molar-refractivity contribution in [3.05, 3.63) is 29.6 Å². The van der Waals surface area contributed by atoms with Gasteiger partial charge in [-0.2, -0.15) is 0 Å². The first-order valence-electron chi connectivity index (χ1n) is 8.18. The predicted molar refractivity (Wildman–Crippen MR) is 81.7 cm³/mol. The van der Waals surface area contributed by atoms with Gasteiger partial charge < -0.3 is 19.5 Å². The average molecular weight is 309 g/mol. The van der Waals surface area contributed by atoms with E-state index in [4.69, 9.17) is 14.2 Å². The van der Waals surface area contributed by atoms with Crippen LogP contribution in [-0.2, 0) is 9.47 Å². The van der Waals surface area contributed by atoms with Gasteiger partial charge in [-0.3, -0.25) is 0 Å². The molecule has 2 atom stereocenters. The summed E-state index contributed by atoms with van der Waals surface area (Å²) in [5.41, 5.74) is 1.04. The molecule has 1 fully saturated rings. The van der Waals surface area contributed by atoms with E-state index in [0.29, 0.717) is 25.6 Å². The summed E-state index contributed by atoms with van der Waals surface area (Å²) in [6.07, 6.45) is 4.47. The number of hydrogen-bond donors (Lipinski definition) is 1. The molecule has 0 bridgehead atoms. The van der Waals surface area contributed by atoms with Crippen molar-refractivity contribution in [3.63, 3.8) is 0 Å². The third-order valence-electron chi connectivity index (χ3n) is 4.21. The molecule has 0 aliphatic carbocycles. The molecule has 5 heteroatoms. The first-order chi connectivity index (χ1) is 10.8. The zero-order valence-electron chi connectivity index (χ0n) is 12.9. The molecule has 0 aromatic heterocycles. The minimum absolute atomic E-state index is 0.199. The number of nitrogens with one attached hydrogen (secondary N) is 1. The summed E-state index contributed by atoms with van der Waals surface area (Å²) in [6.45, 7) is 3.62. The highest BCUT2D eigenvalue weighted by Gasteiger charge is 2.20. The van der Waals surface area contributed by atoms with Crippen LogP contribution in [0.25, 0.3) is 0 Å². The van der Waals surface area contributed by atoms with Crippen LogP contribution in [0, 0.1) is 5.82 Å². The summed E-state index contributed by atoms with van der Waals surface area (Å²) >= 11 is 0. The molecule has 2 heterocycles. The van der Waals surface area contributed by atoms with Gasteiger partial charge in [-0.1, -0.05) is 6.07 Å². The minimum atomic E-state index is -0.251. The fourth-order valence-electron chi connectivity index (χ4n) is 3.05. The Morgan fingerprint density at radius 1 is 1.23 bits per heavy atom. The molecule has 0 spiro atoms. The van der Waals surface area contributed by atoms with E-state index in [1.807, 2.05) is 6.07 Å². The molecule has 22 heavy (non-hydrogen) atoms. The van der Waals surface area contributed by atoms with Gasteiger partial charge in [-0.15, -0.1) is 0 Å². The quantitative estimate of drug-likeness (QED) is 0.820. The molecule has 1 saturated heterocycles. The Bertz CT molecular complexity index is 477. The van der Waals surface area contributed by atoms with Crippen molar-refractivity contribution >= 4 is 0 Å². The Morgan fingerprint density at radius 3 is 3.00 bits per heavy atom. The van der Waals surface area contributed by atoms with Gasteiger partial charge in [0.25, 0.3) is 0 Å². The Labute approximate surface area is 130 Å². The van der Waals surface area contributed by atoms with E-state index >= 15 is 0 Å². The van der Waals surface area contributed by atoms with E-state index in [0.717, 1.165) is 44.4 Å². The minimum Gasteiger partial charge on any atom is -0.493 e. The maximum Gasteiger partial charge on any atom is 0.126 e. The van der Waals surface area contributed by atoms with Crippen LogP contribution in [0.2, 0.25) is 0 Å². The highest BCUT2D eigenvalue weighted by molar-refractivity contribution is 5.37. The van der Waals surface area contributed by atoms with Crippen molar-refractivity contribution in [2.45, 2.75) is 37.8 Å². The standard InChI is InChI=1S/C17H24FNO3/c18-13-5-6-15-16(4-2-9-22-17(15)11-13)19-7-10-20-12-14-3-1-8-21-14/h5-6,11,14,16,19H,1-4,7-10,12H2. The Morgan fingerprint density at radius 2 is 2.14 bits per heavy atom. The van der Waals surface area contributed by atoms with E-state index in [9.17, 15) is 4.39 Å². The molecule has 3 rings (SSSR count). The SMILES string of the molecule is Fc1ccc2c(c1)OCCCC2NCCOCC1CCCO1. The number of fused-ring (bicyclic) bond motifs is 1. The number of halogens is 1. The van der Waals surface area contributed by atoms with Crippen LogP contribution >= 0.6 is 0 Å². The second-order valence-electron chi connectivity index (χ2n) is 5.89. The van der Waals surface area contributed by atoms with Crippen molar-refractivity contribution in [2.75, 3.05) is 33.0 Å². The Kier molecular flexibility index (Phi) is 5.64. The van der Waals surface area contributed by atoms with Crippen molar-refractivity contribution in [3.8, 4) is 5.75 Å². The highest BCUT2D eigenvalue weighted by atomic mass is 19.1. The van der Waals surface area contributed by atoms with Gasteiger partial charge in [-0.05, 0) is 31.7 Å². The van der Waals surface area contributed by atoms with Crippen molar-refractivity contribution in [1.29, 1.82) is 0 Å². The van der Waals surface area contributed by atoms with E-state index in [1.165, 1.54) is 12.1 Å². The number of ether oxygens (including phenoxy) is 3. The van der Waals surface area contributed by atoms with Crippen LogP contribution in [0.5, 0.6) is 5.75 Å². The summed E-state index contributed by atoms with van der Waals surface area (Å²) in [4.78, 5) is 0. The lowest BCUT2D eigenvalue weighted by molar-refractivity contribution is 0.0178. The predicted octanol–water partition coefficient (Wildman–Crippen LogP) is 2.82. The van der Waals surface area contributed by atoms with E-state index in [-0.39, 0.29) is 18.0 Å². The fraction of sp³-hybridized carbons (Fsp3) is 0.647. The van der Waals surface area contributed by atoms with Crippen molar-refractivity contribution in [1.82, 2.24) is 5.32 Å². The highest BCUT2D eigenvalue weighted by Crippen LogP contribution is 2.31. The zero-order chi connectivity index (χ0) is 15.2. The monoisotopic (exact) mass is 309 g/mol. The topological polar surface area (TPSA) is 39.7 Å². The van der Waals surface area contributed by atoms with Crippen molar-refractivity contribution in [2.24, 2.45) is 0 Å². The molecule has 2 aliphatic heterocycles. The van der Waals surface area contributed by atoms with Crippen LogP contribution in [-0.4, -0.2) is 39.1 Å². The second-order valence-corrected chi connectivity index (χ2v) is 5.89. The van der Waals surface area contributed by atoms with Gasteiger partial charge in [0.2, 0.25) is 0 Å². The Hall–Kier alpha value is -1.17. The summed E-state index contributed by atoms with van der Waals surface area (Å²) in [5, 5.41) is 3.49. The van der Waals surface area contributed by atoms with Gasteiger partial charge in [0.05, 0.1) is 25.9 Å². The smallest absolute Gasteiger partial charge is 0.126 e. The Balaban J connectivity index is 1.45. The molecular weight excluding hydrogens is 285 g/mol. The van der Waals surface area contributed by atoms with Crippen molar-refractivity contribution < 1.29 is 18.6 Å². The van der Waals surface area contributed by atoms with Gasteiger partial charge in [-0.25, -0.2) is 4.39 Å². The van der Waals surface area contributed by atoms with Gasteiger partial charge in [0.1, 0.15) is 11.6 Å². The summed E-state index contributed by atoms with van der Waals surface area (Å²) < 4.78 is 30.1. The first-order valence-corrected chi connectivity index (χ1v) is 8.18. The summed E-state index contributed by atoms with van der Waals surface area (Å²) in [6, 6.07) is 4.99. The van der Waals surface area contributed by atoms with Crippen LogP contribution < -0.4 is 10.1 Å². The van der Waals surface area contributed by atoms with E-state index in [1.54, 1.807) is 0 Å². The third-order valence-corrected chi connectivity index (χ3v) is 4.21. The molecule has 0 amide bonds. The normalized spacial score (nSPS) is 24.6. The molecule has 1 aromatic carbocycles. The lowest BCUT2D eigenvalue weighted by Gasteiger charge is -2.19. The average Bonchev–Trinajstić information content (AvgIpc) is 2.95. The molecule has 4 nitrogen and oxygen atoms in total. The van der Waals surface area contributed by atoms with Crippen LogP contribution in [0.3, 0.4) is 0 Å². The van der Waals surface area contributed by atoms with Gasteiger partial charge in [0, 0.05) is 30.8 Å². The molecule has 2 unspecified atom stereocenters. The summed E-state index contributed by atoms with van der Waals surface area (Å²) in [7, 11) is 0. The van der Waals surface area contributed by atoms with Crippen LogP contribution in [0.15, 0.2) is 18.2 Å². The largest absolute Gasteiger partial charge is 0.493 e. The molecule has 1 aromatic rings. The van der Waals surface area contributed by atoms with Crippen LogP contribution in [0.4, 0.5) is 4.39 Å². The number of benzene rings is 1. The number of hydrogen-bond acceptors (Lipinski definition) is 4. The van der Waals surface area contributed by atoms with E-state index < -0.39 is 0 Å². The maximum atomic E-state index is 13.3. The van der Waals surface area contributed by atoms with E-state index in [2.05, 4.69) is 5.32 Å². The molecule has 122 valence electrons. The zero-order valence-corrected chi connectivity index (χ0v) is 12.9. The molecule has 0 radical (unpaired) electrons. The molecule has 2 aliphatic rings. The molecular formula is C17H24FNO3. The fourth-order valence-corrected chi connectivity index (χ4v) is 3.05. The second kappa shape index (κ2) is 7.90. The van der Waals surface area contributed by atoms with Gasteiger partial charge in [0.15, 0.2) is 0 Å². The summed E-state index contributed by atoms with van der Waals surface area (Å²) in [5.74, 6) is 0.412.